The van der Waals surface area contributed by atoms with Gasteiger partial charge >= 0.3 is 33.0 Å². The molecule has 0 N–H and O–H groups in total. The van der Waals surface area contributed by atoms with E-state index in [4.69, 9.17) is 4.74 Å². The Hall–Kier alpha value is -2.88. The molecule has 0 unspecified atom stereocenters. The number of morpholine rings is 1. The fourth-order valence-corrected chi connectivity index (χ4v) is 5.55. The summed E-state index contributed by atoms with van der Waals surface area (Å²) in [5, 5.41) is 2.54. The number of benzene rings is 3. The molecule has 2 aromatic rings. The van der Waals surface area contributed by atoms with Gasteiger partial charge in [-0.2, -0.15) is 0 Å². The zero-order chi connectivity index (χ0) is 28.7. The maximum absolute atomic E-state index is 10.7. The molecule has 0 aromatic heterocycles. The van der Waals surface area contributed by atoms with Gasteiger partial charge in [-0.25, -0.2) is 4.58 Å². The molecule has 0 spiro atoms. The summed E-state index contributed by atoms with van der Waals surface area (Å²) in [5.41, 5.74) is 6.39. The van der Waals surface area contributed by atoms with Crippen LogP contribution in [-0.4, -0.2) is 54.5 Å². The van der Waals surface area contributed by atoms with Gasteiger partial charge in [-0.15, -0.1) is 11.3 Å². The van der Waals surface area contributed by atoms with Crippen molar-refractivity contribution in [2.45, 2.75) is 0 Å². The third-order valence-corrected chi connectivity index (χ3v) is 7.37. The Kier molecular flexibility index (Phi) is 7.42. The summed E-state index contributed by atoms with van der Waals surface area (Å²) < 4.78 is 68.2. The molecular weight excluding hydrogens is 559 g/mol. The molecular formula is C27H30F6N3OPS. The number of hydrogen-bond acceptors (Lipinski definition) is 4. The molecule has 0 bridgehead atoms. The first-order valence-electron chi connectivity index (χ1n) is 12.1. The Bertz CT molecular complexity index is 1520. The van der Waals surface area contributed by atoms with E-state index in [0.29, 0.717) is 0 Å². The molecule has 2 heterocycles. The number of ether oxygens (including phenoxy) is 1. The van der Waals surface area contributed by atoms with Crippen molar-refractivity contribution >= 4 is 40.6 Å². The van der Waals surface area contributed by atoms with Crippen molar-refractivity contribution in [1.29, 1.82) is 0 Å². The summed E-state index contributed by atoms with van der Waals surface area (Å²) in [6.07, 6.45) is 0. The number of rotatable bonds is 3. The fourth-order valence-electron chi connectivity index (χ4n) is 4.40. The van der Waals surface area contributed by atoms with Crippen LogP contribution in [0.2, 0.25) is 0 Å². The molecule has 2 aliphatic heterocycles. The summed E-state index contributed by atoms with van der Waals surface area (Å²) in [6.45, 7) is 3.52. The predicted octanol–water partition coefficient (Wildman–Crippen LogP) is 7.99. The fraction of sp³-hybridized carbons (Fsp3) is 0.296. The number of hydrogen-bond donors (Lipinski definition) is 0. The predicted molar refractivity (Wildman–Crippen MR) is 152 cm³/mol. The summed E-state index contributed by atoms with van der Waals surface area (Å²) in [6, 6.07) is 22.7. The van der Waals surface area contributed by atoms with E-state index in [2.05, 4.69) is 103 Å². The van der Waals surface area contributed by atoms with E-state index >= 15 is 0 Å². The van der Waals surface area contributed by atoms with Crippen LogP contribution in [0, 0.1) is 0 Å². The monoisotopic (exact) mass is 589 g/mol. The van der Waals surface area contributed by atoms with Gasteiger partial charge in [0.1, 0.15) is 14.1 Å². The van der Waals surface area contributed by atoms with Gasteiger partial charge in [-0.1, -0.05) is 18.2 Å². The van der Waals surface area contributed by atoms with Crippen molar-refractivity contribution in [3.05, 3.63) is 66.0 Å². The SMILES string of the molecule is CN(C)c1ccc2c(-c3ccc(N4CCOCC4)cc3)c3ccc(=[N+](C)C)cc-3sc2c1.F[P-](F)(F)(F)(F)F. The second-order valence-electron chi connectivity index (χ2n) is 9.73. The molecule has 3 aliphatic rings. The van der Waals surface area contributed by atoms with Gasteiger partial charge in [-0.3, -0.25) is 0 Å². The molecule has 1 saturated heterocycles. The van der Waals surface area contributed by atoms with Gasteiger partial charge in [-0.05, 0) is 41.5 Å². The first-order valence-corrected chi connectivity index (χ1v) is 15.0. The van der Waals surface area contributed by atoms with Gasteiger partial charge in [0.05, 0.1) is 13.2 Å². The van der Waals surface area contributed by atoms with Crippen molar-refractivity contribution in [3.63, 3.8) is 0 Å². The standard InChI is InChI=1S/C27H30N3OS.F6P/c1-28(2)21-9-11-23-25(17-21)32-26-18-22(29(3)4)10-12-24(26)27(23)19-5-7-20(8-6-19)30-13-15-31-16-14-30;1-7(2,3,4,5)6/h5-12,17-18H,13-16H2,1-4H3;/q+1;-1. The first-order chi connectivity index (χ1) is 18.0. The van der Waals surface area contributed by atoms with Crippen LogP contribution in [0.15, 0.2) is 60.7 Å². The number of halogens is 6. The molecule has 1 aliphatic carbocycles. The Morgan fingerprint density at radius 3 is 2.03 bits per heavy atom. The van der Waals surface area contributed by atoms with E-state index in [1.807, 2.05) is 11.3 Å². The Balaban J connectivity index is 0.000000448. The molecule has 39 heavy (non-hydrogen) atoms. The van der Waals surface area contributed by atoms with Crippen molar-refractivity contribution in [2.75, 3.05) is 64.3 Å². The van der Waals surface area contributed by atoms with Crippen LogP contribution in [0.3, 0.4) is 0 Å². The van der Waals surface area contributed by atoms with Crippen molar-refractivity contribution in [1.82, 2.24) is 4.58 Å². The van der Waals surface area contributed by atoms with Crippen molar-refractivity contribution in [3.8, 4) is 21.6 Å². The summed E-state index contributed by atoms with van der Waals surface area (Å²) in [5.74, 6) is 0. The van der Waals surface area contributed by atoms with E-state index in [9.17, 15) is 25.2 Å². The zero-order valence-corrected chi connectivity index (χ0v) is 23.7. The number of anilines is 2. The Morgan fingerprint density at radius 2 is 1.46 bits per heavy atom. The second kappa shape index (κ2) is 9.94. The molecule has 12 heteroatoms. The summed E-state index contributed by atoms with van der Waals surface area (Å²) in [4.78, 5) is 5.89. The topological polar surface area (TPSA) is 18.7 Å². The number of nitrogens with zero attached hydrogens (tertiary/aromatic N) is 3. The van der Waals surface area contributed by atoms with Crippen LogP contribution in [0.4, 0.5) is 36.6 Å². The van der Waals surface area contributed by atoms with Gasteiger partial charge in [0.15, 0.2) is 0 Å². The third kappa shape index (κ3) is 8.06. The minimum atomic E-state index is -10.7. The molecule has 0 radical (unpaired) electrons. The van der Waals surface area contributed by atoms with Gasteiger partial charge in [0.25, 0.3) is 0 Å². The summed E-state index contributed by atoms with van der Waals surface area (Å²) in [7, 11) is -2.26. The van der Waals surface area contributed by atoms with Gasteiger partial charge < -0.3 is 14.5 Å². The molecule has 212 valence electrons. The Morgan fingerprint density at radius 1 is 0.846 bits per heavy atom. The second-order valence-corrected chi connectivity index (χ2v) is 12.7. The molecule has 0 amide bonds. The van der Waals surface area contributed by atoms with Crippen LogP contribution in [0.25, 0.3) is 31.7 Å². The van der Waals surface area contributed by atoms with Crippen molar-refractivity contribution < 1.29 is 29.9 Å². The van der Waals surface area contributed by atoms with Gasteiger partial charge in [0.2, 0.25) is 5.36 Å². The third-order valence-electron chi connectivity index (χ3n) is 6.25. The first kappa shape index (κ1) is 29.1. The average Bonchev–Trinajstić information content (AvgIpc) is 2.85. The van der Waals surface area contributed by atoms with E-state index in [-0.39, 0.29) is 0 Å². The average molecular weight is 590 g/mol. The zero-order valence-electron chi connectivity index (χ0n) is 22.0. The van der Waals surface area contributed by atoms with Crippen LogP contribution in [0.5, 0.6) is 0 Å². The van der Waals surface area contributed by atoms with Gasteiger partial charge in [0, 0.05) is 71.2 Å². The quantitative estimate of drug-likeness (QED) is 0.105. The molecule has 0 saturated carbocycles. The van der Waals surface area contributed by atoms with E-state index in [1.54, 1.807) is 0 Å². The normalized spacial score (nSPS) is 15.8. The molecule has 0 atom stereocenters. The van der Waals surface area contributed by atoms with Crippen LogP contribution < -0.4 is 19.7 Å². The minimum absolute atomic E-state index is 0.805. The molecule has 5 rings (SSSR count). The summed E-state index contributed by atoms with van der Waals surface area (Å²) >= 11 is 1.87. The maximum atomic E-state index is 9.87. The van der Waals surface area contributed by atoms with Crippen LogP contribution in [-0.2, 0) is 4.74 Å². The van der Waals surface area contributed by atoms with Crippen LogP contribution in [0.1, 0.15) is 0 Å². The molecule has 1 fully saturated rings. The Labute approximate surface area is 226 Å². The molecule has 2 aromatic carbocycles. The van der Waals surface area contributed by atoms with Crippen molar-refractivity contribution in [2.24, 2.45) is 0 Å². The van der Waals surface area contributed by atoms with E-state index in [1.165, 1.54) is 48.4 Å². The van der Waals surface area contributed by atoms with Crippen LogP contribution >= 0.6 is 19.1 Å². The number of fused-ring (bicyclic) bond motifs is 2. The van der Waals surface area contributed by atoms with E-state index < -0.39 is 7.81 Å². The molecule has 4 nitrogen and oxygen atoms in total. The van der Waals surface area contributed by atoms with E-state index in [0.717, 1.165) is 26.3 Å².